The Morgan fingerprint density at radius 1 is 1.24 bits per heavy atom. The van der Waals surface area contributed by atoms with Crippen molar-refractivity contribution in [2.75, 3.05) is 5.32 Å². The van der Waals surface area contributed by atoms with Crippen molar-refractivity contribution >= 4 is 45.0 Å². The summed E-state index contributed by atoms with van der Waals surface area (Å²) in [6.45, 7) is 0.336. The van der Waals surface area contributed by atoms with Crippen LogP contribution in [-0.2, 0) is 6.54 Å². The number of carboxylic acid groups (broad SMARTS) is 1. The standard InChI is InChI=1S/C13H11BrN2O4S/c14-11-4-2-8(21-11)6-15-13(20)16-10-3-1-7(17)5-9(10)12(18)19/h1-5,17H,6H2,(H,18,19)(H2,15,16,20). The normalized spacial score (nSPS) is 10.1. The van der Waals surface area contributed by atoms with Crippen LogP contribution in [0.2, 0.25) is 0 Å². The summed E-state index contributed by atoms with van der Waals surface area (Å²) in [6.07, 6.45) is 0. The summed E-state index contributed by atoms with van der Waals surface area (Å²) in [5, 5.41) is 23.4. The van der Waals surface area contributed by atoms with Crippen molar-refractivity contribution in [1.82, 2.24) is 5.32 Å². The Hall–Kier alpha value is -2.06. The number of carbonyl (C=O) groups is 2. The second-order valence-electron chi connectivity index (χ2n) is 4.05. The number of nitrogens with one attached hydrogen (secondary N) is 2. The molecule has 0 saturated heterocycles. The molecular weight excluding hydrogens is 360 g/mol. The van der Waals surface area contributed by atoms with Gasteiger partial charge in [-0.3, -0.25) is 0 Å². The average Bonchev–Trinajstić information content (AvgIpc) is 2.84. The van der Waals surface area contributed by atoms with E-state index in [4.69, 9.17) is 5.11 Å². The summed E-state index contributed by atoms with van der Waals surface area (Å²) in [7, 11) is 0. The summed E-state index contributed by atoms with van der Waals surface area (Å²) < 4.78 is 0.964. The van der Waals surface area contributed by atoms with Crippen LogP contribution in [-0.4, -0.2) is 22.2 Å². The van der Waals surface area contributed by atoms with E-state index < -0.39 is 12.0 Å². The molecule has 2 aromatic rings. The Bertz CT molecular complexity index is 687. The molecule has 0 aliphatic rings. The van der Waals surface area contributed by atoms with Crippen LogP contribution in [0.1, 0.15) is 15.2 Å². The molecule has 110 valence electrons. The Morgan fingerprint density at radius 2 is 2.00 bits per heavy atom. The van der Waals surface area contributed by atoms with E-state index in [1.807, 2.05) is 12.1 Å². The maximum atomic E-state index is 11.8. The van der Waals surface area contributed by atoms with Gasteiger partial charge in [0.2, 0.25) is 0 Å². The second kappa shape index (κ2) is 6.59. The van der Waals surface area contributed by atoms with E-state index in [1.165, 1.54) is 23.5 Å². The Morgan fingerprint density at radius 3 is 2.62 bits per heavy atom. The first-order valence-corrected chi connectivity index (χ1v) is 7.42. The Kier molecular flexibility index (Phi) is 4.81. The van der Waals surface area contributed by atoms with Crippen molar-refractivity contribution in [2.24, 2.45) is 0 Å². The number of rotatable bonds is 4. The molecule has 0 aliphatic carbocycles. The fourth-order valence-electron chi connectivity index (χ4n) is 1.60. The summed E-state index contributed by atoms with van der Waals surface area (Å²) in [4.78, 5) is 23.8. The molecule has 0 radical (unpaired) electrons. The van der Waals surface area contributed by atoms with Crippen LogP contribution in [0.25, 0.3) is 0 Å². The number of anilines is 1. The lowest BCUT2D eigenvalue weighted by Crippen LogP contribution is -2.28. The number of amides is 2. The number of aromatic carboxylic acids is 1. The van der Waals surface area contributed by atoms with E-state index in [0.717, 1.165) is 14.7 Å². The lowest BCUT2D eigenvalue weighted by Gasteiger charge is -2.09. The summed E-state index contributed by atoms with van der Waals surface area (Å²) >= 11 is 4.82. The number of phenolic OH excluding ortho intramolecular Hbond substituents is 1. The maximum absolute atomic E-state index is 11.8. The highest BCUT2D eigenvalue weighted by atomic mass is 79.9. The van der Waals surface area contributed by atoms with Gasteiger partial charge in [-0.2, -0.15) is 0 Å². The zero-order valence-electron chi connectivity index (χ0n) is 10.6. The number of carboxylic acids is 1. The van der Waals surface area contributed by atoms with Crippen LogP contribution in [0.4, 0.5) is 10.5 Å². The maximum Gasteiger partial charge on any atom is 0.337 e. The van der Waals surface area contributed by atoms with Gasteiger partial charge in [0, 0.05) is 4.88 Å². The first-order chi connectivity index (χ1) is 9.95. The number of halogens is 1. The molecule has 4 N–H and O–H groups in total. The SMILES string of the molecule is O=C(NCc1ccc(Br)s1)Nc1ccc(O)cc1C(=O)O. The molecule has 0 atom stereocenters. The minimum absolute atomic E-state index is 0.116. The fraction of sp³-hybridized carbons (Fsp3) is 0.0769. The number of hydrogen-bond acceptors (Lipinski definition) is 4. The molecule has 21 heavy (non-hydrogen) atoms. The number of aromatic hydroxyl groups is 1. The van der Waals surface area contributed by atoms with Crippen molar-refractivity contribution in [3.8, 4) is 5.75 Å². The fourth-order valence-corrected chi connectivity index (χ4v) is 3.02. The summed E-state index contributed by atoms with van der Waals surface area (Å²) in [6, 6.07) is 6.94. The molecule has 1 aromatic heterocycles. The van der Waals surface area contributed by atoms with Gasteiger partial charge in [-0.25, -0.2) is 9.59 Å². The van der Waals surface area contributed by atoms with E-state index in [0.29, 0.717) is 6.54 Å². The molecule has 2 amide bonds. The highest BCUT2D eigenvalue weighted by Gasteiger charge is 2.13. The average molecular weight is 371 g/mol. The first-order valence-electron chi connectivity index (χ1n) is 5.81. The van der Waals surface area contributed by atoms with E-state index in [1.54, 1.807) is 0 Å². The Labute approximate surface area is 132 Å². The van der Waals surface area contributed by atoms with Crippen molar-refractivity contribution in [3.05, 3.63) is 44.6 Å². The molecule has 2 rings (SSSR count). The van der Waals surface area contributed by atoms with Crippen LogP contribution < -0.4 is 10.6 Å². The van der Waals surface area contributed by atoms with Crippen LogP contribution in [0.15, 0.2) is 34.1 Å². The van der Waals surface area contributed by atoms with Crippen molar-refractivity contribution in [3.63, 3.8) is 0 Å². The molecule has 0 spiro atoms. The molecule has 1 aromatic carbocycles. The number of thiophene rings is 1. The molecule has 1 heterocycles. The predicted octanol–water partition coefficient (Wildman–Crippen LogP) is 3.24. The largest absolute Gasteiger partial charge is 0.508 e. The number of phenols is 1. The highest BCUT2D eigenvalue weighted by molar-refractivity contribution is 9.11. The monoisotopic (exact) mass is 370 g/mol. The van der Waals surface area contributed by atoms with E-state index in [-0.39, 0.29) is 17.0 Å². The molecule has 6 nitrogen and oxygen atoms in total. The van der Waals surface area contributed by atoms with Gasteiger partial charge in [-0.15, -0.1) is 11.3 Å². The van der Waals surface area contributed by atoms with Gasteiger partial charge in [-0.05, 0) is 46.3 Å². The van der Waals surface area contributed by atoms with Gasteiger partial charge < -0.3 is 20.8 Å². The minimum Gasteiger partial charge on any atom is -0.508 e. The lowest BCUT2D eigenvalue weighted by molar-refractivity contribution is 0.0697. The van der Waals surface area contributed by atoms with Crippen molar-refractivity contribution < 1.29 is 19.8 Å². The zero-order chi connectivity index (χ0) is 15.4. The summed E-state index contributed by atoms with van der Waals surface area (Å²) in [5.74, 6) is -1.41. The quantitative estimate of drug-likeness (QED) is 0.620. The number of benzene rings is 1. The Balaban J connectivity index is 2.01. The number of carbonyl (C=O) groups excluding carboxylic acids is 1. The molecular formula is C13H11BrN2O4S. The zero-order valence-corrected chi connectivity index (χ0v) is 13.0. The van der Waals surface area contributed by atoms with Crippen LogP contribution >= 0.6 is 27.3 Å². The topological polar surface area (TPSA) is 98.7 Å². The molecule has 0 aliphatic heterocycles. The number of urea groups is 1. The molecule has 0 fully saturated rings. The second-order valence-corrected chi connectivity index (χ2v) is 6.60. The van der Waals surface area contributed by atoms with Gasteiger partial charge in [0.05, 0.1) is 21.6 Å². The minimum atomic E-state index is -1.23. The van der Waals surface area contributed by atoms with Crippen LogP contribution in [0, 0.1) is 0 Å². The number of hydrogen-bond donors (Lipinski definition) is 4. The van der Waals surface area contributed by atoms with Gasteiger partial charge in [-0.1, -0.05) is 0 Å². The highest BCUT2D eigenvalue weighted by Crippen LogP contribution is 2.22. The third kappa shape index (κ3) is 4.20. The summed E-state index contributed by atoms with van der Waals surface area (Å²) in [5.41, 5.74) is -0.0609. The molecule has 0 bridgehead atoms. The lowest BCUT2D eigenvalue weighted by atomic mass is 10.1. The molecule has 8 heteroatoms. The predicted molar refractivity (Wildman–Crippen MR) is 82.9 cm³/mol. The molecule has 0 unspecified atom stereocenters. The van der Waals surface area contributed by atoms with Gasteiger partial charge >= 0.3 is 12.0 Å². The van der Waals surface area contributed by atoms with E-state index in [9.17, 15) is 14.7 Å². The van der Waals surface area contributed by atoms with Crippen molar-refractivity contribution in [2.45, 2.75) is 6.54 Å². The third-order valence-corrected chi connectivity index (χ3v) is 4.16. The van der Waals surface area contributed by atoms with Crippen molar-refractivity contribution in [1.29, 1.82) is 0 Å². The van der Waals surface area contributed by atoms with Crippen LogP contribution in [0.5, 0.6) is 5.75 Å². The third-order valence-electron chi connectivity index (χ3n) is 2.53. The molecule has 0 saturated carbocycles. The van der Waals surface area contributed by atoms with Gasteiger partial charge in [0.25, 0.3) is 0 Å². The first kappa shape index (κ1) is 15.3. The van der Waals surface area contributed by atoms with E-state index in [2.05, 4.69) is 26.6 Å². The van der Waals surface area contributed by atoms with Crippen LogP contribution in [0.3, 0.4) is 0 Å². The smallest absolute Gasteiger partial charge is 0.337 e. The van der Waals surface area contributed by atoms with E-state index >= 15 is 0 Å². The van der Waals surface area contributed by atoms with Gasteiger partial charge in [0.1, 0.15) is 5.75 Å². The van der Waals surface area contributed by atoms with Gasteiger partial charge in [0.15, 0.2) is 0 Å².